The lowest BCUT2D eigenvalue weighted by atomic mass is 9.93. The molecule has 1 aromatic rings. The van der Waals surface area contributed by atoms with Crippen LogP contribution in [0.4, 0.5) is 4.79 Å². The molecule has 0 saturated carbocycles. The molecular weight excluding hydrogens is 306 g/mol. The summed E-state index contributed by atoms with van der Waals surface area (Å²) in [4.78, 5) is 13.9. The number of methoxy groups -OCH3 is 1. The van der Waals surface area contributed by atoms with E-state index in [1.165, 1.54) is 0 Å². The number of benzene rings is 1. The first-order valence-corrected chi connectivity index (χ1v) is 8.46. The number of amides is 1. The van der Waals surface area contributed by atoms with Crippen molar-refractivity contribution in [2.24, 2.45) is 0 Å². The van der Waals surface area contributed by atoms with Crippen molar-refractivity contribution in [3.05, 3.63) is 29.8 Å². The molecular formula is C19H29NO4. The Morgan fingerprint density at radius 3 is 2.42 bits per heavy atom. The van der Waals surface area contributed by atoms with Crippen LogP contribution in [0.2, 0.25) is 0 Å². The van der Waals surface area contributed by atoms with E-state index in [0.29, 0.717) is 19.7 Å². The van der Waals surface area contributed by atoms with E-state index < -0.39 is 5.60 Å². The second kappa shape index (κ2) is 7.43. The molecule has 0 spiro atoms. The molecule has 1 aliphatic rings. The maximum absolute atomic E-state index is 12.1. The molecule has 1 amide bonds. The number of para-hydroxylation sites is 1. The summed E-state index contributed by atoms with van der Waals surface area (Å²) in [6.45, 7) is 9.57. The minimum atomic E-state index is -0.460. The van der Waals surface area contributed by atoms with Crippen LogP contribution in [0.3, 0.4) is 0 Å². The lowest BCUT2D eigenvalue weighted by Gasteiger charge is -2.39. The standard InChI is InChI=1S/C19H29NO4/c1-18(2,3)24-17(21)20-12-10-19(4,11-13-20)23-14-15-8-6-7-9-16(15)22-5/h6-9H,10-14H2,1-5H3. The lowest BCUT2D eigenvalue weighted by Crippen LogP contribution is -2.47. The molecule has 1 aromatic carbocycles. The highest BCUT2D eigenvalue weighted by atomic mass is 16.6. The van der Waals surface area contributed by atoms with Gasteiger partial charge in [0.2, 0.25) is 0 Å². The maximum Gasteiger partial charge on any atom is 0.410 e. The van der Waals surface area contributed by atoms with Crippen molar-refractivity contribution in [1.82, 2.24) is 4.90 Å². The van der Waals surface area contributed by atoms with Gasteiger partial charge in [-0.25, -0.2) is 4.79 Å². The maximum atomic E-state index is 12.1. The average molecular weight is 335 g/mol. The molecule has 134 valence electrons. The molecule has 5 heteroatoms. The number of rotatable bonds is 4. The Hall–Kier alpha value is -1.75. The monoisotopic (exact) mass is 335 g/mol. The fraction of sp³-hybridized carbons (Fsp3) is 0.632. The molecule has 0 unspecified atom stereocenters. The highest BCUT2D eigenvalue weighted by Gasteiger charge is 2.34. The predicted octanol–water partition coefficient (Wildman–Crippen LogP) is 4.00. The number of carbonyl (C=O) groups excluding carboxylic acids is 1. The van der Waals surface area contributed by atoms with E-state index in [9.17, 15) is 4.79 Å². The molecule has 1 saturated heterocycles. The average Bonchev–Trinajstić information content (AvgIpc) is 2.52. The van der Waals surface area contributed by atoms with Crippen LogP contribution in [0.25, 0.3) is 0 Å². The summed E-state index contributed by atoms with van der Waals surface area (Å²) in [5.74, 6) is 0.840. The lowest BCUT2D eigenvalue weighted by molar-refractivity contribution is -0.0815. The highest BCUT2D eigenvalue weighted by molar-refractivity contribution is 5.68. The van der Waals surface area contributed by atoms with Crippen LogP contribution in [-0.2, 0) is 16.1 Å². The fourth-order valence-corrected chi connectivity index (χ4v) is 2.71. The molecule has 0 atom stereocenters. The molecule has 1 aliphatic heterocycles. The van der Waals surface area contributed by atoms with Crippen molar-refractivity contribution in [3.8, 4) is 5.75 Å². The Kier molecular flexibility index (Phi) is 5.75. The van der Waals surface area contributed by atoms with Crippen molar-refractivity contribution in [3.63, 3.8) is 0 Å². The second-order valence-electron chi connectivity index (χ2n) is 7.52. The number of likely N-dealkylation sites (tertiary alicyclic amines) is 1. The normalized spacial score (nSPS) is 17.5. The molecule has 2 rings (SSSR count). The first-order chi connectivity index (χ1) is 11.2. The van der Waals surface area contributed by atoms with E-state index in [0.717, 1.165) is 24.2 Å². The molecule has 1 fully saturated rings. The van der Waals surface area contributed by atoms with Crippen molar-refractivity contribution in [2.45, 2.75) is 58.3 Å². The summed E-state index contributed by atoms with van der Waals surface area (Å²) >= 11 is 0. The Balaban J connectivity index is 1.87. The van der Waals surface area contributed by atoms with Gasteiger partial charge in [0, 0.05) is 18.7 Å². The zero-order valence-corrected chi connectivity index (χ0v) is 15.4. The van der Waals surface area contributed by atoms with Gasteiger partial charge in [-0.1, -0.05) is 18.2 Å². The zero-order chi connectivity index (χ0) is 17.8. The summed E-state index contributed by atoms with van der Waals surface area (Å²) in [5, 5.41) is 0. The van der Waals surface area contributed by atoms with Crippen LogP contribution in [0.15, 0.2) is 24.3 Å². The molecule has 0 N–H and O–H groups in total. The number of piperidine rings is 1. The Labute approximate surface area is 144 Å². The van der Waals surface area contributed by atoms with Crippen molar-refractivity contribution in [1.29, 1.82) is 0 Å². The van der Waals surface area contributed by atoms with Gasteiger partial charge in [-0.05, 0) is 46.6 Å². The van der Waals surface area contributed by atoms with Gasteiger partial charge in [0.15, 0.2) is 0 Å². The van der Waals surface area contributed by atoms with Gasteiger partial charge in [0.05, 0.1) is 19.3 Å². The van der Waals surface area contributed by atoms with Crippen LogP contribution in [0.5, 0.6) is 5.75 Å². The van der Waals surface area contributed by atoms with Crippen LogP contribution in [0.1, 0.15) is 46.1 Å². The third kappa shape index (κ3) is 5.13. The second-order valence-corrected chi connectivity index (χ2v) is 7.52. The van der Waals surface area contributed by atoms with Gasteiger partial charge >= 0.3 is 6.09 Å². The van der Waals surface area contributed by atoms with Gasteiger partial charge in [-0.2, -0.15) is 0 Å². The molecule has 5 nitrogen and oxygen atoms in total. The van der Waals surface area contributed by atoms with Gasteiger partial charge in [-0.3, -0.25) is 0 Å². The summed E-state index contributed by atoms with van der Waals surface area (Å²) in [5.41, 5.74) is 0.341. The van der Waals surface area contributed by atoms with Gasteiger partial charge in [-0.15, -0.1) is 0 Å². The smallest absolute Gasteiger partial charge is 0.410 e. The Bertz CT molecular complexity index is 557. The Morgan fingerprint density at radius 1 is 1.21 bits per heavy atom. The van der Waals surface area contributed by atoms with Crippen LogP contribution in [-0.4, -0.2) is 42.4 Å². The molecule has 24 heavy (non-hydrogen) atoms. The van der Waals surface area contributed by atoms with E-state index in [1.807, 2.05) is 45.0 Å². The fourth-order valence-electron chi connectivity index (χ4n) is 2.71. The molecule has 0 aliphatic carbocycles. The Morgan fingerprint density at radius 2 is 1.83 bits per heavy atom. The number of ether oxygens (including phenoxy) is 3. The molecule has 0 aromatic heterocycles. The van der Waals surface area contributed by atoms with Crippen LogP contribution in [0, 0.1) is 0 Å². The first-order valence-electron chi connectivity index (χ1n) is 8.46. The van der Waals surface area contributed by atoms with Gasteiger partial charge in [0.25, 0.3) is 0 Å². The minimum Gasteiger partial charge on any atom is -0.496 e. The van der Waals surface area contributed by atoms with Crippen molar-refractivity contribution >= 4 is 6.09 Å². The number of hydrogen-bond acceptors (Lipinski definition) is 4. The quantitative estimate of drug-likeness (QED) is 0.834. The molecule has 0 bridgehead atoms. The van der Waals surface area contributed by atoms with Crippen LogP contribution < -0.4 is 4.74 Å². The van der Waals surface area contributed by atoms with E-state index in [-0.39, 0.29) is 11.7 Å². The summed E-state index contributed by atoms with van der Waals surface area (Å²) in [6.07, 6.45) is 1.34. The minimum absolute atomic E-state index is 0.237. The van der Waals surface area contributed by atoms with Crippen molar-refractivity contribution < 1.29 is 19.0 Å². The third-order valence-electron chi connectivity index (χ3n) is 4.24. The molecule has 0 radical (unpaired) electrons. The summed E-state index contributed by atoms with van der Waals surface area (Å²) in [7, 11) is 1.67. The number of carbonyl (C=O) groups is 1. The SMILES string of the molecule is COc1ccccc1COC1(C)CCN(C(=O)OC(C)(C)C)CC1. The van der Waals surface area contributed by atoms with E-state index in [2.05, 4.69) is 6.92 Å². The largest absolute Gasteiger partial charge is 0.496 e. The summed E-state index contributed by atoms with van der Waals surface area (Å²) < 4.78 is 17.0. The predicted molar refractivity (Wildman–Crippen MR) is 93.2 cm³/mol. The zero-order valence-electron chi connectivity index (χ0n) is 15.4. The van der Waals surface area contributed by atoms with Crippen LogP contribution >= 0.6 is 0 Å². The van der Waals surface area contributed by atoms with E-state index in [1.54, 1.807) is 12.0 Å². The van der Waals surface area contributed by atoms with E-state index >= 15 is 0 Å². The number of hydrogen-bond donors (Lipinski definition) is 0. The highest BCUT2D eigenvalue weighted by Crippen LogP contribution is 2.29. The van der Waals surface area contributed by atoms with Crippen molar-refractivity contribution in [2.75, 3.05) is 20.2 Å². The number of nitrogens with zero attached hydrogens (tertiary/aromatic N) is 1. The topological polar surface area (TPSA) is 48.0 Å². The first kappa shape index (κ1) is 18.6. The molecule has 1 heterocycles. The third-order valence-corrected chi connectivity index (χ3v) is 4.24. The van der Waals surface area contributed by atoms with Gasteiger partial charge < -0.3 is 19.1 Å². The van der Waals surface area contributed by atoms with Gasteiger partial charge in [0.1, 0.15) is 11.4 Å². The summed E-state index contributed by atoms with van der Waals surface area (Å²) in [6, 6.07) is 7.88. The van der Waals surface area contributed by atoms with E-state index in [4.69, 9.17) is 14.2 Å².